The van der Waals surface area contributed by atoms with E-state index in [2.05, 4.69) is 20.9 Å². The number of carbonyl (C=O) groups is 1. The van der Waals surface area contributed by atoms with Crippen LogP contribution in [0.25, 0.3) is 0 Å². The Bertz CT molecular complexity index is 572. The van der Waals surface area contributed by atoms with Gasteiger partial charge in [-0.2, -0.15) is 0 Å². The zero-order valence-electron chi connectivity index (χ0n) is 10.3. The summed E-state index contributed by atoms with van der Waals surface area (Å²) in [5.41, 5.74) is 2.01. The minimum Gasteiger partial charge on any atom is -0.299 e. The molecule has 0 atom stereocenters. The molecule has 2 rings (SSSR count). The summed E-state index contributed by atoms with van der Waals surface area (Å²) < 4.78 is 0.922. The zero-order chi connectivity index (χ0) is 13.7. The Labute approximate surface area is 126 Å². The van der Waals surface area contributed by atoms with E-state index in [1.807, 2.05) is 30.3 Å². The predicted molar refractivity (Wildman–Crippen MR) is 80.4 cm³/mol. The van der Waals surface area contributed by atoms with Crippen LogP contribution in [0.15, 0.2) is 47.2 Å². The first-order valence-corrected chi connectivity index (χ1v) is 7.17. The van der Waals surface area contributed by atoms with Crippen LogP contribution in [0.5, 0.6) is 0 Å². The van der Waals surface area contributed by atoms with E-state index in [4.69, 9.17) is 11.6 Å². The number of Topliss-reactive ketones (excluding diaryl/α,β-unsaturated/α-hetero) is 1. The lowest BCUT2D eigenvalue weighted by molar-refractivity contribution is -0.118. The van der Waals surface area contributed by atoms with Gasteiger partial charge in [-0.15, -0.1) is 0 Å². The minimum absolute atomic E-state index is 0.195. The van der Waals surface area contributed by atoms with Crippen LogP contribution in [0.4, 0.5) is 0 Å². The molecule has 0 fully saturated rings. The molecule has 2 nitrogen and oxygen atoms in total. The molecule has 1 heterocycles. The number of nitrogens with zero attached hydrogens (tertiary/aromatic N) is 1. The molecule has 0 aliphatic carbocycles. The molecule has 1 aromatic heterocycles. The van der Waals surface area contributed by atoms with Gasteiger partial charge in [0.05, 0.1) is 0 Å². The third kappa shape index (κ3) is 4.44. The number of ketones is 1. The van der Waals surface area contributed by atoms with Crippen LogP contribution >= 0.6 is 27.5 Å². The molecular weight excluding hydrogens is 326 g/mol. The van der Waals surface area contributed by atoms with Crippen LogP contribution in [-0.4, -0.2) is 10.8 Å². The average molecular weight is 339 g/mol. The molecular formula is C15H13BrClNO. The number of rotatable bonds is 5. The van der Waals surface area contributed by atoms with Gasteiger partial charge in [0.1, 0.15) is 5.78 Å². The van der Waals surface area contributed by atoms with Crippen molar-refractivity contribution in [2.75, 3.05) is 0 Å². The molecule has 0 spiro atoms. The molecule has 0 amide bonds. The summed E-state index contributed by atoms with van der Waals surface area (Å²) in [4.78, 5) is 15.9. The molecule has 0 N–H and O–H groups in total. The lowest BCUT2D eigenvalue weighted by Crippen LogP contribution is -2.04. The largest absolute Gasteiger partial charge is 0.299 e. The highest BCUT2D eigenvalue weighted by Crippen LogP contribution is 2.22. The Morgan fingerprint density at radius 3 is 2.63 bits per heavy atom. The predicted octanol–water partition coefficient (Wildman–Crippen LogP) is 4.24. The van der Waals surface area contributed by atoms with Gasteiger partial charge in [0.25, 0.3) is 0 Å². The highest BCUT2D eigenvalue weighted by atomic mass is 79.9. The second kappa shape index (κ2) is 6.83. The second-order valence-corrected chi connectivity index (χ2v) is 5.63. The maximum absolute atomic E-state index is 11.9. The molecule has 0 saturated heterocycles. The first kappa shape index (κ1) is 14.2. The van der Waals surface area contributed by atoms with Crippen molar-refractivity contribution in [2.45, 2.75) is 19.3 Å². The fraction of sp³-hybridized carbons (Fsp3) is 0.200. The van der Waals surface area contributed by atoms with Crippen molar-refractivity contribution >= 4 is 33.3 Å². The SMILES string of the molecule is O=C(CCc1ccncc1)Cc1ccc(Br)cc1Cl. The molecule has 0 radical (unpaired) electrons. The van der Waals surface area contributed by atoms with Gasteiger partial charge in [-0.25, -0.2) is 0 Å². The fourth-order valence-corrected chi connectivity index (χ4v) is 2.54. The number of halogens is 2. The van der Waals surface area contributed by atoms with Gasteiger partial charge in [-0.1, -0.05) is 33.6 Å². The molecule has 1 aromatic carbocycles. The van der Waals surface area contributed by atoms with Crippen molar-refractivity contribution in [1.82, 2.24) is 4.98 Å². The van der Waals surface area contributed by atoms with E-state index in [9.17, 15) is 4.79 Å². The Kier molecular flexibility index (Phi) is 5.11. The van der Waals surface area contributed by atoms with E-state index < -0.39 is 0 Å². The lowest BCUT2D eigenvalue weighted by atomic mass is 10.0. The van der Waals surface area contributed by atoms with E-state index in [1.54, 1.807) is 12.4 Å². The summed E-state index contributed by atoms with van der Waals surface area (Å²) in [6.45, 7) is 0. The quantitative estimate of drug-likeness (QED) is 0.816. The Morgan fingerprint density at radius 1 is 1.21 bits per heavy atom. The summed E-state index contributed by atoms with van der Waals surface area (Å²) in [6.07, 6.45) is 5.14. The minimum atomic E-state index is 0.195. The highest BCUT2D eigenvalue weighted by Gasteiger charge is 2.08. The fourth-order valence-electron chi connectivity index (χ4n) is 1.80. The van der Waals surface area contributed by atoms with Crippen LogP contribution in [0.2, 0.25) is 5.02 Å². The van der Waals surface area contributed by atoms with Gasteiger partial charge in [0, 0.05) is 34.7 Å². The van der Waals surface area contributed by atoms with Crippen molar-refractivity contribution in [3.63, 3.8) is 0 Å². The van der Waals surface area contributed by atoms with Gasteiger partial charge in [0.15, 0.2) is 0 Å². The Hall–Kier alpha value is -1.19. The normalized spacial score (nSPS) is 10.4. The van der Waals surface area contributed by atoms with Crippen molar-refractivity contribution in [2.24, 2.45) is 0 Å². The lowest BCUT2D eigenvalue weighted by Gasteiger charge is -2.04. The van der Waals surface area contributed by atoms with Crippen LogP contribution in [0, 0.1) is 0 Å². The standard InChI is InChI=1S/C15H13BrClNO/c16-13-3-2-12(15(17)10-13)9-14(19)4-1-11-5-7-18-8-6-11/h2-3,5-8,10H,1,4,9H2. The van der Waals surface area contributed by atoms with E-state index in [-0.39, 0.29) is 5.78 Å². The third-order valence-electron chi connectivity index (χ3n) is 2.84. The van der Waals surface area contributed by atoms with Crippen LogP contribution in [0.3, 0.4) is 0 Å². The first-order chi connectivity index (χ1) is 9.15. The number of hydrogen-bond donors (Lipinski definition) is 0. The van der Waals surface area contributed by atoms with Crippen molar-refractivity contribution in [1.29, 1.82) is 0 Å². The number of aromatic nitrogens is 1. The van der Waals surface area contributed by atoms with Gasteiger partial charge >= 0.3 is 0 Å². The number of carbonyl (C=O) groups excluding carboxylic acids is 1. The van der Waals surface area contributed by atoms with Crippen LogP contribution in [-0.2, 0) is 17.6 Å². The van der Waals surface area contributed by atoms with Crippen molar-refractivity contribution in [3.05, 3.63) is 63.3 Å². The Balaban J connectivity index is 1.91. The van der Waals surface area contributed by atoms with Crippen molar-refractivity contribution < 1.29 is 4.79 Å². The van der Waals surface area contributed by atoms with Crippen LogP contribution in [0.1, 0.15) is 17.5 Å². The highest BCUT2D eigenvalue weighted by molar-refractivity contribution is 9.10. The molecule has 0 unspecified atom stereocenters. The number of aryl methyl sites for hydroxylation is 1. The number of benzene rings is 1. The average Bonchev–Trinajstić information content (AvgIpc) is 2.41. The van der Waals surface area contributed by atoms with E-state index in [1.165, 1.54) is 0 Å². The van der Waals surface area contributed by atoms with Gasteiger partial charge in [-0.3, -0.25) is 9.78 Å². The van der Waals surface area contributed by atoms with E-state index >= 15 is 0 Å². The zero-order valence-corrected chi connectivity index (χ0v) is 12.6. The summed E-state index contributed by atoms with van der Waals surface area (Å²) in [5.74, 6) is 0.195. The maximum Gasteiger partial charge on any atom is 0.137 e. The van der Waals surface area contributed by atoms with E-state index in [0.29, 0.717) is 17.9 Å². The molecule has 98 valence electrons. The topological polar surface area (TPSA) is 30.0 Å². The molecule has 0 aliphatic rings. The number of pyridine rings is 1. The molecule has 2 aromatic rings. The maximum atomic E-state index is 11.9. The third-order valence-corrected chi connectivity index (χ3v) is 3.69. The second-order valence-electron chi connectivity index (χ2n) is 4.31. The summed E-state index contributed by atoms with van der Waals surface area (Å²) >= 11 is 9.45. The molecule has 19 heavy (non-hydrogen) atoms. The monoisotopic (exact) mass is 337 g/mol. The number of hydrogen-bond acceptors (Lipinski definition) is 2. The summed E-state index contributed by atoms with van der Waals surface area (Å²) in [7, 11) is 0. The molecule has 0 aliphatic heterocycles. The van der Waals surface area contributed by atoms with Gasteiger partial charge < -0.3 is 0 Å². The molecule has 0 saturated carbocycles. The van der Waals surface area contributed by atoms with E-state index in [0.717, 1.165) is 22.0 Å². The smallest absolute Gasteiger partial charge is 0.137 e. The molecule has 4 heteroatoms. The first-order valence-electron chi connectivity index (χ1n) is 5.99. The van der Waals surface area contributed by atoms with Crippen LogP contribution < -0.4 is 0 Å². The Morgan fingerprint density at radius 2 is 1.95 bits per heavy atom. The van der Waals surface area contributed by atoms with Gasteiger partial charge in [-0.05, 0) is 41.8 Å². The summed E-state index contributed by atoms with van der Waals surface area (Å²) in [5, 5.41) is 0.631. The molecule has 0 bridgehead atoms. The van der Waals surface area contributed by atoms with Gasteiger partial charge in [0.2, 0.25) is 0 Å². The van der Waals surface area contributed by atoms with Crippen molar-refractivity contribution in [3.8, 4) is 0 Å². The summed E-state index contributed by atoms with van der Waals surface area (Å²) in [6, 6.07) is 9.46.